The molecule has 1 saturated heterocycles. The van der Waals surface area contributed by atoms with E-state index in [1.54, 1.807) is 17.5 Å². The molecule has 0 saturated carbocycles. The van der Waals surface area contributed by atoms with Gasteiger partial charge < -0.3 is 9.80 Å². The molecule has 4 heterocycles. The highest BCUT2D eigenvalue weighted by molar-refractivity contribution is 7.13. The van der Waals surface area contributed by atoms with Crippen LogP contribution in [0.4, 0.5) is 5.13 Å². The molecule has 136 valence electrons. The third-order valence-corrected chi connectivity index (χ3v) is 5.50. The number of hydrogen-bond donors (Lipinski definition) is 0. The van der Waals surface area contributed by atoms with E-state index < -0.39 is 0 Å². The molecule has 7 nitrogen and oxygen atoms in total. The third kappa shape index (κ3) is 2.94. The van der Waals surface area contributed by atoms with Crippen molar-refractivity contribution in [2.24, 2.45) is 0 Å². The summed E-state index contributed by atoms with van der Waals surface area (Å²) < 4.78 is 1.87. The Kier molecular flexibility index (Phi) is 4.36. The zero-order valence-electron chi connectivity index (χ0n) is 15.2. The standard InChI is InChI=1S/C18H22N6OS/c1-12(2)24-16-15(11-20-24)14(10-13(3)21-16)17(25)22-5-7-23(8-6-22)18-19-4-9-26-18/h4,9-12H,5-8H2,1-3H3. The van der Waals surface area contributed by atoms with Gasteiger partial charge in [-0.05, 0) is 26.8 Å². The average molecular weight is 370 g/mol. The number of aryl methyl sites for hydroxylation is 1. The van der Waals surface area contributed by atoms with Crippen molar-refractivity contribution < 1.29 is 4.79 Å². The summed E-state index contributed by atoms with van der Waals surface area (Å²) in [4.78, 5) is 26.3. The Morgan fingerprint density at radius 1 is 1.23 bits per heavy atom. The second-order valence-corrected chi connectivity index (χ2v) is 7.70. The second-order valence-electron chi connectivity index (χ2n) is 6.83. The van der Waals surface area contributed by atoms with Crippen LogP contribution in [-0.4, -0.2) is 56.7 Å². The molecule has 26 heavy (non-hydrogen) atoms. The van der Waals surface area contributed by atoms with Crippen molar-refractivity contribution in [1.82, 2.24) is 24.6 Å². The van der Waals surface area contributed by atoms with Crippen molar-refractivity contribution >= 4 is 33.4 Å². The minimum Gasteiger partial charge on any atom is -0.345 e. The number of rotatable bonds is 3. The van der Waals surface area contributed by atoms with Gasteiger partial charge in [0, 0.05) is 49.5 Å². The van der Waals surface area contributed by atoms with Gasteiger partial charge in [0.15, 0.2) is 10.8 Å². The number of aromatic nitrogens is 4. The van der Waals surface area contributed by atoms with Gasteiger partial charge in [0.25, 0.3) is 5.91 Å². The van der Waals surface area contributed by atoms with Gasteiger partial charge in [-0.2, -0.15) is 5.10 Å². The van der Waals surface area contributed by atoms with Crippen LogP contribution in [0.3, 0.4) is 0 Å². The molecule has 1 fully saturated rings. The van der Waals surface area contributed by atoms with Gasteiger partial charge in [0.1, 0.15) is 0 Å². The van der Waals surface area contributed by atoms with Gasteiger partial charge in [-0.15, -0.1) is 11.3 Å². The molecule has 0 aromatic carbocycles. The van der Waals surface area contributed by atoms with Crippen LogP contribution < -0.4 is 4.90 Å². The smallest absolute Gasteiger partial charge is 0.254 e. The molecular formula is C18H22N6OS. The van der Waals surface area contributed by atoms with Crippen LogP contribution in [0, 0.1) is 6.92 Å². The van der Waals surface area contributed by atoms with E-state index in [4.69, 9.17) is 0 Å². The first-order chi connectivity index (χ1) is 12.5. The molecule has 1 aliphatic heterocycles. The van der Waals surface area contributed by atoms with Crippen LogP contribution in [-0.2, 0) is 0 Å². The number of hydrogen-bond acceptors (Lipinski definition) is 6. The van der Waals surface area contributed by atoms with E-state index in [1.165, 1.54) is 0 Å². The lowest BCUT2D eigenvalue weighted by Gasteiger charge is -2.34. The highest BCUT2D eigenvalue weighted by atomic mass is 32.1. The van der Waals surface area contributed by atoms with Crippen LogP contribution in [0.5, 0.6) is 0 Å². The largest absolute Gasteiger partial charge is 0.345 e. The van der Waals surface area contributed by atoms with Crippen molar-refractivity contribution in [1.29, 1.82) is 0 Å². The molecule has 4 rings (SSSR count). The van der Waals surface area contributed by atoms with Crippen molar-refractivity contribution in [3.05, 3.63) is 35.1 Å². The maximum Gasteiger partial charge on any atom is 0.254 e. The van der Waals surface area contributed by atoms with Gasteiger partial charge in [0.05, 0.1) is 17.1 Å². The van der Waals surface area contributed by atoms with Crippen LogP contribution >= 0.6 is 11.3 Å². The van der Waals surface area contributed by atoms with E-state index in [-0.39, 0.29) is 11.9 Å². The summed E-state index contributed by atoms with van der Waals surface area (Å²) in [6, 6.07) is 2.08. The third-order valence-electron chi connectivity index (χ3n) is 4.67. The summed E-state index contributed by atoms with van der Waals surface area (Å²) in [5.74, 6) is 0.0580. The molecule has 3 aromatic heterocycles. The number of pyridine rings is 1. The fourth-order valence-electron chi connectivity index (χ4n) is 3.34. The van der Waals surface area contributed by atoms with Gasteiger partial charge >= 0.3 is 0 Å². The van der Waals surface area contributed by atoms with Crippen LogP contribution in [0.15, 0.2) is 23.8 Å². The summed E-state index contributed by atoms with van der Waals surface area (Å²) in [5, 5.41) is 8.28. The molecule has 3 aromatic rings. The fraction of sp³-hybridized carbons (Fsp3) is 0.444. The Labute approximate surface area is 156 Å². The van der Waals surface area contributed by atoms with Crippen molar-refractivity contribution in [2.75, 3.05) is 31.1 Å². The topological polar surface area (TPSA) is 67.2 Å². The molecule has 0 aliphatic carbocycles. The molecule has 0 N–H and O–H groups in total. The van der Waals surface area contributed by atoms with Gasteiger partial charge in [-0.1, -0.05) is 0 Å². The Hall–Kier alpha value is -2.48. The summed E-state index contributed by atoms with van der Waals surface area (Å²) in [6.07, 6.45) is 3.58. The summed E-state index contributed by atoms with van der Waals surface area (Å²) in [6.45, 7) is 9.05. The van der Waals surface area contributed by atoms with Crippen molar-refractivity contribution in [3.63, 3.8) is 0 Å². The highest BCUT2D eigenvalue weighted by Crippen LogP contribution is 2.24. The summed E-state index contributed by atoms with van der Waals surface area (Å²) in [7, 11) is 0. The lowest BCUT2D eigenvalue weighted by atomic mass is 10.1. The monoisotopic (exact) mass is 370 g/mol. The molecule has 1 aliphatic rings. The molecule has 8 heteroatoms. The summed E-state index contributed by atoms with van der Waals surface area (Å²) >= 11 is 1.64. The number of thiazole rings is 1. The first kappa shape index (κ1) is 17.0. The minimum absolute atomic E-state index is 0.0580. The zero-order chi connectivity index (χ0) is 18.3. The van der Waals surface area contributed by atoms with E-state index in [2.05, 4.69) is 33.8 Å². The highest BCUT2D eigenvalue weighted by Gasteiger charge is 2.26. The van der Waals surface area contributed by atoms with Crippen LogP contribution in [0.2, 0.25) is 0 Å². The minimum atomic E-state index is 0.0580. The van der Waals surface area contributed by atoms with Gasteiger partial charge in [-0.25, -0.2) is 14.6 Å². The number of carbonyl (C=O) groups excluding carboxylic acids is 1. The predicted octanol–water partition coefficient (Wildman–Crippen LogP) is 2.74. The molecular weight excluding hydrogens is 348 g/mol. The normalized spacial score (nSPS) is 15.2. The number of anilines is 1. The average Bonchev–Trinajstić information content (AvgIpc) is 3.30. The maximum absolute atomic E-state index is 13.2. The van der Waals surface area contributed by atoms with Crippen molar-refractivity contribution in [2.45, 2.75) is 26.8 Å². The molecule has 0 radical (unpaired) electrons. The quantitative estimate of drug-likeness (QED) is 0.709. The number of fused-ring (bicyclic) bond motifs is 1. The van der Waals surface area contributed by atoms with E-state index in [1.807, 2.05) is 34.1 Å². The Bertz CT molecular complexity index is 925. The molecule has 1 amide bonds. The Morgan fingerprint density at radius 3 is 2.65 bits per heavy atom. The zero-order valence-corrected chi connectivity index (χ0v) is 16.0. The summed E-state index contributed by atoms with van der Waals surface area (Å²) in [5.41, 5.74) is 2.32. The van der Waals surface area contributed by atoms with Gasteiger partial charge in [0.2, 0.25) is 0 Å². The van der Waals surface area contributed by atoms with E-state index in [0.29, 0.717) is 18.7 Å². The van der Waals surface area contributed by atoms with E-state index in [9.17, 15) is 4.79 Å². The predicted molar refractivity (Wildman–Crippen MR) is 103 cm³/mol. The molecule has 0 unspecified atom stereocenters. The first-order valence-electron chi connectivity index (χ1n) is 8.83. The van der Waals surface area contributed by atoms with Gasteiger partial charge in [-0.3, -0.25) is 4.79 Å². The van der Waals surface area contributed by atoms with Crippen LogP contribution in [0.25, 0.3) is 11.0 Å². The Morgan fingerprint density at radius 2 is 2.00 bits per heavy atom. The SMILES string of the molecule is Cc1cc(C(=O)N2CCN(c3nccs3)CC2)c2cnn(C(C)C)c2n1. The number of amides is 1. The first-order valence-corrected chi connectivity index (χ1v) is 9.71. The number of carbonyl (C=O) groups is 1. The molecule has 0 spiro atoms. The van der Waals surface area contributed by atoms with E-state index >= 15 is 0 Å². The van der Waals surface area contributed by atoms with Crippen molar-refractivity contribution in [3.8, 4) is 0 Å². The number of nitrogens with zero attached hydrogens (tertiary/aromatic N) is 6. The number of piperazine rings is 1. The molecule has 0 atom stereocenters. The second kappa shape index (κ2) is 6.68. The lowest BCUT2D eigenvalue weighted by molar-refractivity contribution is 0.0748. The van der Waals surface area contributed by atoms with Crippen LogP contribution in [0.1, 0.15) is 35.9 Å². The van der Waals surface area contributed by atoms with E-state index in [0.717, 1.165) is 34.9 Å². The Balaban J connectivity index is 1.59. The molecule has 0 bridgehead atoms. The lowest BCUT2D eigenvalue weighted by Crippen LogP contribution is -2.48. The maximum atomic E-state index is 13.2. The fourth-order valence-corrected chi connectivity index (χ4v) is 4.04.